The third kappa shape index (κ3) is 4.40. The van der Waals surface area contributed by atoms with Crippen molar-refractivity contribution in [2.24, 2.45) is 0 Å². The van der Waals surface area contributed by atoms with E-state index < -0.39 is 0 Å². The molecule has 0 bridgehead atoms. The Kier molecular flexibility index (Phi) is 5.39. The van der Waals surface area contributed by atoms with Crippen LogP contribution in [0.2, 0.25) is 0 Å². The molecule has 0 aliphatic carbocycles. The van der Waals surface area contributed by atoms with E-state index in [0.29, 0.717) is 13.1 Å². The van der Waals surface area contributed by atoms with Crippen LogP contribution in [-0.2, 0) is 24.3 Å². The van der Waals surface area contributed by atoms with Crippen LogP contribution < -0.4 is 9.80 Å². The van der Waals surface area contributed by atoms with Crippen molar-refractivity contribution in [1.82, 2.24) is 4.90 Å². The minimum atomic E-state index is 0.214. The van der Waals surface area contributed by atoms with Gasteiger partial charge in [-0.25, -0.2) is 0 Å². The number of fused-ring (bicyclic) bond motifs is 1. The second-order valence-corrected chi connectivity index (χ2v) is 7.18. The molecule has 4 nitrogen and oxygen atoms in total. The Balaban J connectivity index is 1.54. The van der Waals surface area contributed by atoms with E-state index >= 15 is 0 Å². The largest absolute Gasteiger partial charge is 0.378 e. The smallest absolute Gasteiger partial charge is 0.277 e. The van der Waals surface area contributed by atoms with Crippen molar-refractivity contribution >= 4 is 11.6 Å². The summed E-state index contributed by atoms with van der Waals surface area (Å²) in [6, 6.07) is 17.0. The van der Waals surface area contributed by atoms with Gasteiger partial charge in [0.1, 0.15) is 6.54 Å². The molecule has 1 amide bonds. The van der Waals surface area contributed by atoms with Crippen molar-refractivity contribution in [1.29, 1.82) is 0 Å². The van der Waals surface area contributed by atoms with Crippen LogP contribution in [0.1, 0.15) is 16.7 Å². The van der Waals surface area contributed by atoms with Gasteiger partial charge in [0.2, 0.25) is 0 Å². The predicted octanol–water partition coefficient (Wildman–Crippen LogP) is 1.35. The molecule has 2 aromatic rings. The summed E-state index contributed by atoms with van der Waals surface area (Å²) in [4.78, 5) is 17.9. The molecule has 0 saturated carbocycles. The molecule has 0 aromatic heterocycles. The Morgan fingerprint density at radius 3 is 2.36 bits per heavy atom. The number of anilines is 1. The van der Waals surface area contributed by atoms with Crippen LogP contribution in [-0.4, -0.2) is 45.0 Å². The fourth-order valence-corrected chi connectivity index (χ4v) is 3.40. The van der Waals surface area contributed by atoms with E-state index in [9.17, 15) is 4.79 Å². The molecule has 25 heavy (non-hydrogen) atoms. The summed E-state index contributed by atoms with van der Waals surface area (Å²) in [5, 5.41) is 0. The van der Waals surface area contributed by atoms with Crippen LogP contribution in [0.25, 0.3) is 0 Å². The highest BCUT2D eigenvalue weighted by molar-refractivity contribution is 5.76. The molecule has 2 aromatic carbocycles. The first kappa shape index (κ1) is 17.5. The molecule has 1 atom stereocenters. The molecule has 0 fully saturated rings. The molecule has 0 saturated heterocycles. The lowest BCUT2D eigenvalue weighted by Crippen LogP contribution is -3.12. The van der Waals surface area contributed by atoms with Gasteiger partial charge in [0.25, 0.3) is 5.91 Å². The highest BCUT2D eigenvalue weighted by Gasteiger charge is 2.23. The second kappa shape index (κ2) is 7.70. The monoisotopic (exact) mass is 338 g/mol. The van der Waals surface area contributed by atoms with Crippen molar-refractivity contribution < 1.29 is 9.69 Å². The van der Waals surface area contributed by atoms with Crippen LogP contribution in [0.4, 0.5) is 5.69 Å². The highest BCUT2D eigenvalue weighted by Crippen LogP contribution is 2.13. The zero-order chi connectivity index (χ0) is 17.8. The lowest BCUT2D eigenvalue weighted by Gasteiger charge is -2.27. The number of hydrogen-bond donors (Lipinski definition) is 1. The first-order chi connectivity index (χ1) is 12.0. The Morgan fingerprint density at radius 1 is 1.00 bits per heavy atom. The number of nitrogens with one attached hydrogen (secondary N) is 1. The maximum absolute atomic E-state index is 12.6. The average molecular weight is 338 g/mol. The molecule has 0 radical (unpaired) electrons. The van der Waals surface area contributed by atoms with Crippen LogP contribution in [0.15, 0.2) is 48.5 Å². The van der Waals surface area contributed by atoms with Crippen molar-refractivity contribution in [3.8, 4) is 0 Å². The number of nitrogens with zero attached hydrogens (tertiary/aromatic N) is 2. The number of quaternary nitrogens is 1. The highest BCUT2D eigenvalue weighted by atomic mass is 16.2. The summed E-state index contributed by atoms with van der Waals surface area (Å²) in [6.45, 7) is 3.22. The van der Waals surface area contributed by atoms with Crippen LogP contribution in [0.3, 0.4) is 0 Å². The lowest BCUT2D eigenvalue weighted by molar-refractivity contribution is -0.908. The number of carbonyl (C=O) groups is 1. The van der Waals surface area contributed by atoms with Crippen molar-refractivity contribution in [3.05, 3.63) is 65.2 Å². The van der Waals surface area contributed by atoms with Gasteiger partial charge in [-0.2, -0.15) is 0 Å². The quantitative estimate of drug-likeness (QED) is 0.891. The Hall–Kier alpha value is -2.33. The number of likely N-dealkylation sites (N-methyl/N-ethyl adjacent to an activating group) is 1. The van der Waals surface area contributed by atoms with Crippen LogP contribution in [0.5, 0.6) is 0 Å². The standard InChI is InChI=1S/C21H27N3O/c1-22(2)20-10-8-17(9-11-20)14-23(3)21(25)16-24-13-12-18-6-4-5-7-19(18)15-24/h4-11H,12-16H2,1-3H3/p+1. The average Bonchev–Trinajstić information content (AvgIpc) is 2.62. The third-order valence-corrected chi connectivity index (χ3v) is 5.01. The fourth-order valence-electron chi connectivity index (χ4n) is 3.40. The molecule has 132 valence electrons. The van der Waals surface area contributed by atoms with E-state index in [4.69, 9.17) is 0 Å². The van der Waals surface area contributed by atoms with Crippen molar-refractivity contribution in [3.63, 3.8) is 0 Å². The van der Waals surface area contributed by atoms with E-state index in [-0.39, 0.29) is 5.91 Å². The van der Waals surface area contributed by atoms with Crippen LogP contribution in [0, 0.1) is 0 Å². The van der Waals surface area contributed by atoms with Crippen LogP contribution >= 0.6 is 0 Å². The molecular formula is C21H28N3O+. The van der Waals surface area contributed by atoms with Gasteiger partial charge in [0, 0.05) is 45.4 Å². The molecule has 1 aliphatic rings. The van der Waals surface area contributed by atoms with Gasteiger partial charge in [0.15, 0.2) is 6.54 Å². The fraction of sp³-hybridized carbons (Fsp3) is 0.381. The van der Waals surface area contributed by atoms with Crippen molar-refractivity contribution in [2.75, 3.05) is 39.1 Å². The summed E-state index contributed by atoms with van der Waals surface area (Å²) < 4.78 is 0. The Bertz CT molecular complexity index is 724. The SMILES string of the molecule is CN(Cc1ccc(N(C)C)cc1)C(=O)C[NH+]1CCc2ccccc2C1. The first-order valence-electron chi connectivity index (χ1n) is 8.93. The van der Waals surface area contributed by atoms with Gasteiger partial charge in [-0.05, 0) is 23.3 Å². The Labute approximate surface area is 150 Å². The van der Waals surface area contributed by atoms with E-state index in [1.165, 1.54) is 27.3 Å². The molecule has 0 spiro atoms. The number of hydrogen-bond acceptors (Lipinski definition) is 2. The summed E-state index contributed by atoms with van der Waals surface area (Å²) in [7, 11) is 5.97. The van der Waals surface area contributed by atoms with E-state index in [1.807, 2.05) is 26.0 Å². The van der Waals surface area contributed by atoms with Gasteiger partial charge >= 0.3 is 0 Å². The minimum absolute atomic E-state index is 0.214. The number of rotatable bonds is 5. The maximum atomic E-state index is 12.6. The number of carbonyl (C=O) groups excluding carboxylic acids is 1. The van der Waals surface area contributed by atoms with Gasteiger partial charge in [-0.1, -0.05) is 36.4 Å². The molecule has 1 heterocycles. The first-order valence-corrected chi connectivity index (χ1v) is 8.93. The zero-order valence-corrected chi connectivity index (χ0v) is 15.5. The maximum Gasteiger partial charge on any atom is 0.277 e. The van der Waals surface area contributed by atoms with Gasteiger partial charge in [-0.15, -0.1) is 0 Å². The van der Waals surface area contributed by atoms with E-state index in [0.717, 1.165) is 19.5 Å². The van der Waals surface area contributed by atoms with Gasteiger partial charge in [0.05, 0.1) is 6.54 Å². The molecule has 1 N–H and O–H groups in total. The van der Waals surface area contributed by atoms with E-state index in [2.05, 4.69) is 53.4 Å². The predicted molar refractivity (Wildman–Crippen MR) is 102 cm³/mol. The second-order valence-electron chi connectivity index (χ2n) is 7.18. The normalized spacial score (nSPS) is 16.2. The minimum Gasteiger partial charge on any atom is -0.378 e. The lowest BCUT2D eigenvalue weighted by atomic mass is 10.00. The Morgan fingerprint density at radius 2 is 1.68 bits per heavy atom. The van der Waals surface area contributed by atoms with E-state index in [1.54, 1.807) is 0 Å². The van der Waals surface area contributed by atoms with Gasteiger partial charge < -0.3 is 14.7 Å². The third-order valence-electron chi connectivity index (χ3n) is 5.01. The molecule has 4 heteroatoms. The summed E-state index contributed by atoms with van der Waals surface area (Å²) in [6.07, 6.45) is 1.06. The molecule has 1 unspecified atom stereocenters. The zero-order valence-electron chi connectivity index (χ0n) is 15.5. The summed E-state index contributed by atoms with van der Waals surface area (Å²) in [5.74, 6) is 0.214. The number of amides is 1. The van der Waals surface area contributed by atoms with Gasteiger partial charge in [-0.3, -0.25) is 4.79 Å². The summed E-state index contributed by atoms with van der Waals surface area (Å²) in [5.41, 5.74) is 5.17. The number of benzene rings is 2. The summed E-state index contributed by atoms with van der Waals surface area (Å²) >= 11 is 0. The molecule has 1 aliphatic heterocycles. The van der Waals surface area contributed by atoms with Crippen molar-refractivity contribution in [2.45, 2.75) is 19.5 Å². The molecular weight excluding hydrogens is 310 g/mol. The molecule has 3 rings (SSSR count). The topological polar surface area (TPSA) is 28.0 Å².